The van der Waals surface area contributed by atoms with Gasteiger partial charge in [0.2, 0.25) is 0 Å². The van der Waals surface area contributed by atoms with Gasteiger partial charge >= 0.3 is 0 Å². The molecule has 0 unspecified atom stereocenters. The van der Waals surface area contributed by atoms with Crippen LogP contribution in [0, 0.1) is 0 Å². The van der Waals surface area contributed by atoms with E-state index in [1.165, 1.54) is 0 Å². The Kier molecular flexibility index (Phi) is 7.56. The molecule has 0 aliphatic rings. The van der Waals surface area contributed by atoms with Crippen molar-refractivity contribution < 1.29 is 9.47 Å². The zero-order valence-electron chi connectivity index (χ0n) is 21.0. The fourth-order valence-corrected chi connectivity index (χ4v) is 3.67. The first-order valence-electron chi connectivity index (χ1n) is 12.0. The van der Waals surface area contributed by atoms with Crippen LogP contribution < -0.4 is 9.47 Å². The highest BCUT2D eigenvalue weighted by molar-refractivity contribution is 5.81. The average Bonchev–Trinajstić information content (AvgIpc) is 3.00. The third-order valence-electron chi connectivity index (χ3n) is 5.65. The summed E-state index contributed by atoms with van der Waals surface area (Å²) in [6, 6.07) is 32.5. The molecule has 2 aromatic carbocycles. The molecule has 7 heteroatoms. The smallest absolute Gasteiger partial charge is 0.119 e. The second kappa shape index (κ2) is 11.7. The van der Waals surface area contributed by atoms with E-state index in [1.54, 1.807) is 26.6 Å². The van der Waals surface area contributed by atoms with E-state index in [-0.39, 0.29) is 0 Å². The third kappa shape index (κ3) is 6.14. The Balaban J connectivity index is 1.35. The number of nitrogens with zero attached hydrogens (tertiary/aromatic N) is 5. The molecule has 7 nitrogen and oxygen atoms in total. The number of aromatic nitrogens is 3. The van der Waals surface area contributed by atoms with E-state index in [4.69, 9.17) is 24.4 Å². The maximum Gasteiger partial charge on any atom is 0.119 e. The average molecular weight is 500 g/mol. The predicted octanol–water partition coefficient (Wildman–Crippen LogP) is 6.72. The van der Waals surface area contributed by atoms with E-state index in [2.05, 4.69) is 9.98 Å². The minimum absolute atomic E-state index is 0.736. The molecule has 0 saturated carbocycles. The number of rotatable bonds is 8. The lowest BCUT2D eigenvalue weighted by atomic mass is 10.2. The first kappa shape index (κ1) is 24.5. The molecule has 0 fully saturated rings. The summed E-state index contributed by atoms with van der Waals surface area (Å²) in [6.45, 7) is 0. The topological polar surface area (TPSA) is 81.9 Å². The molecular weight excluding hydrogens is 474 g/mol. The highest BCUT2D eigenvalue weighted by Crippen LogP contribution is 2.22. The number of ether oxygens (including phenoxy) is 2. The summed E-state index contributed by atoms with van der Waals surface area (Å²) in [5.41, 5.74) is 6.12. The first-order valence-corrected chi connectivity index (χ1v) is 12.0. The molecular formula is C31H25N5O2. The monoisotopic (exact) mass is 499 g/mol. The number of aliphatic imine (C=N–C) groups is 2. The molecule has 3 aromatic heterocycles. The van der Waals surface area contributed by atoms with Crippen LogP contribution in [0.1, 0.15) is 11.4 Å². The van der Waals surface area contributed by atoms with Gasteiger partial charge in [0.05, 0.1) is 72.2 Å². The van der Waals surface area contributed by atoms with Crippen LogP contribution >= 0.6 is 0 Å². The van der Waals surface area contributed by atoms with Crippen molar-refractivity contribution in [2.75, 3.05) is 14.2 Å². The maximum atomic E-state index is 5.20. The minimum Gasteiger partial charge on any atom is -0.497 e. The largest absolute Gasteiger partial charge is 0.497 e. The van der Waals surface area contributed by atoms with Gasteiger partial charge in [0, 0.05) is 0 Å². The maximum absolute atomic E-state index is 5.20. The Morgan fingerprint density at radius 1 is 0.474 bits per heavy atom. The molecule has 0 aliphatic heterocycles. The van der Waals surface area contributed by atoms with Gasteiger partial charge in [-0.3, -0.25) is 9.98 Å². The number of hydrogen-bond acceptors (Lipinski definition) is 7. The van der Waals surface area contributed by atoms with Crippen LogP contribution in [-0.2, 0) is 0 Å². The molecule has 5 rings (SSSR count). The van der Waals surface area contributed by atoms with Gasteiger partial charge in [-0.2, -0.15) is 0 Å². The van der Waals surface area contributed by atoms with Crippen molar-refractivity contribution in [1.82, 2.24) is 15.0 Å². The fraction of sp³-hybridized carbons (Fsp3) is 0.0645. The van der Waals surface area contributed by atoms with E-state index in [0.717, 1.165) is 57.0 Å². The number of methoxy groups -OCH3 is 2. The molecule has 0 N–H and O–H groups in total. The van der Waals surface area contributed by atoms with Crippen LogP contribution in [0.3, 0.4) is 0 Å². The van der Waals surface area contributed by atoms with Gasteiger partial charge in [-0.15, -0.1) is 0 Å². The van der Waals surface area contributed by atoms with Crippen molar-refractivity contribution in [2.24, 2.45) is 9.98 Å². The molecule has 0 atom stereocenters. The quantitative estimate of drug-likeness (QED) is 0.221. The van der Waals surface area contributed by atoms with Gasteiger partial charge in [0.25, 0.3) is 0 Å². The molecule has 38 heavy (non-hydrogen) atoms. The van der Waals surface area contributed by atoms with E-state index in [9.17, 15) is 0 Å². The Morgan fingerprint density at radius 2 is 0.842 bits per heavy atom. The van der Waals surface area contributed by atoms with Crippen LogP contribution in [0.4, 0.5) is 11.4 Å². The summed E-state index contributed by atoms with van der Waals surface area (Å²) in [5, 5.41) is 0. The Hall–Kier alpha value is -5.17. The fourth-order valence-electron chi connectivity index (χ4n) is 3.67. The van der Waals surface area contributed by atoms with Gasteiger partial charge in [0.1, 0.15) is 11.5 Å². The predicted molar refractivity (Wildman–Crippen MR) is 151 cm³/mol. The minimum atomic E-state index is 0.736. The Labute approximate surface area is 221 Å². The SMILES string of the molecule is COc1ccc(N=Cc2cccc(-c3cccc(-c4cccc(C=Nc5ccc(OC)cc5)n4)n3)n2)cc1. The lowest BCUT2D eigenvalue weighted by Crippen LogP contribution is -1.96. The summed E-state index contributed by atoms with van der Waals surface area (Å²) in [6.07, 6.45) is 3.48. The van der Waals surface area contributed by atoms with Crippen LogP contribution in [-0.4, -0.2) is 41.6 Å². The van der Waals surface area contributed by atoms with E-state index >= 15 is 0 Å². The van der Waals surface area contributed by atoms with Crippen molar-refractivity contribution >= 4 is 23.8 Å². The van der Waals surface area contributed by atoms with Crippen LogP contribution in [0.5, 0.6) is 11.5 Å². The zero-order chi connectivity index (χ0) is 26.2. The molecule has 0 amide bonds. The van der Waals surface area contributed by atoms with Crippen molar-refractivity contribution in [3.05, 3.63) is 115 Å². The summed E-state index contributed by atoms with van der Waals surface area (Å²) in [4.78, 5) is 23.3. The second-order valence-corrected chi connectivity index (χ2v) is 8.22. The molecule has 186 valence electrons. The van der Waals surface area contributed by atoms with Gasteiger partial charge in [-0.25, -0.2) is 15.0 Å². The Morgan fingerprint density at radius 3 is 1.24 bits per heavy atom. The molecule has 0 aliphatic carbocycles. The van der Waals surface area contributed by atoms with E-state index in [1.807, 2.05) is 103 Å². The summed E-state index contributed by atoms with van der Waals surface area (Å²) in [5.74, 6) is 1.58. The van der Waals surface area contributed by atoms with Crippen molar-refractivity contribution in [3.8, 4) is 34.3 Å². The van der Waals surface area contributed by atoms with Crippen LogP contribution in [0.25, 0.3) is 22.8 Å². The Bertz CT molecular complexity index is 1460. The molecule has 0 bridgehead atoms. The van der Waals surface area contributed by atoms with Gasteiger partial charge in [-0.05, 0) is 84.9 Å². The second-order valence-electron chi connectivity index (χ2n) is 8.22. The normalized spacial score (nSPS) is 11.2. The van der Waals surface area contributed by atoms with Crippen molar-refractivity contribution in [1.29, 1.82) is 0 Å². The molecule has 0 saturated heterocycles. The third-order valence-corrected chi connectivity index (χ3v) is 5.65. The molecule has 3 heterocycles. The van der Waals surface area contributed by atoms with Gasteiger partial charge < -0.3 is 9.47 Å². The lowest BCUT2D eigenvalue weighted by Gasteiger charge is -2.06. The van der Waals surface area contributed by atoms with Gasteiger partial charge in [-0.1, -0.05) is 18.2 Å². The summed E-state index contributed by atoms with van der Waals surface area (Å²) < 4.78 is 10.4. The number of benzene rings is 2. The summed E-state index contributed by atoms with van der Waals surface area (Å²) >= 11 is 0. The van der Waals surface area contributed by atoms with E-state index in [0.29, 0.717) is 0 Å². The van der Waals surface area contributed by atoms with E-state index < -0.39 is 0 Å². The van der Waals surface area contributed by atoms with Gasteiger partial charge in [0.15, 0.2) is 0 Å². The number of hydrogen-bond donors (Lipinski definition) is 0. The summed E-state index contributed by atoms with van der Waals surface area (Å²) in [7, 11) is 3.28. The molecule has 0 radical (unpaired) electrons. The zero-order valence-corrected chi connectivity index (χ0v) is 21.0. The van der Waals surface area contributed by atoms with Crippen LogP contribution in [0.15, 0.2) is 113 Å². The van der Waals surface area contributed by atoms with Crippen molar-refractivity contribution in [2.45, 2.75) is 0 Å². The first-order chi connectivity index (χ1) is 18.7. The molecule has 0 spiro atoms. The highest BCUT2D eigenvalue weighted by Gasteiger charge is 2.07. The molecule has 5 aromatic rings. The highest BCUT2D eigenvalue weighted by atomic mass is 16.5. The van der Waals surface area contributed by atoms with Crippen LogP contribution in [0.2, 0.25) is 0 Å². The number of pyridine rings is 3. The van der Waals surface area contributed by atoms with Crippen molar-refractivity contribution in [3.63, 3.8) is 0 Å². The standard InChI is InChI=1S/C31H25N5O2/c1-37-26-16-12-22(13-17-26)32-20-24-6-3-8-28(34-24)30-10-5-11-31(36-30)29-9-4-7-25(35-29)21-33-23-14-18-27(38-2)19-15-23/h3-21H,1-2H3. The lowest BCUT2D eigenvalue weighted by molar-refractivity contribution is 0.415.